The highest BCUT2D eigenvalue weighted by Crippen LogP contribution is 2.28. The van der Waals surface area contributed by atoms with Crippen molar-refractivity contribution in [3.8, 4) is 5.75 Å². The summed E-state index contributed by atoms with van der Waals surface area (Å²) in [6, 6.07) is 16.2. The lowest BCUT2D eigenvalue weighted by atomic mass is 9.90. The number of aromatic nitrogens is 1. The number of nitrogens with zero attached hydrogens (tertiary/aromatic N) is 1. The van der Waals surface area contributed by atoms with Gasteiger partial charge in [-0.1, -0.05) is 11.6 Å². The van der Waals surface area contributed by atoms with Crippen LogP contribution in [0, 0.1) is 13.8 Å². The van der Waals surface area contributed by atoms with Crippen LogP contribution in [0.15, 0.2) is 48.5 Å². The molecule has 1 heterocycles. The molecule has 1 amide bonds. The molecule has 0 bridgehead atoms. The number of fused-ring (bicyclic) bond motifs is 1. The molecule has 0 spiro atoms. The van der Waals surface area contributed by atoms with E-state index < -0.39 is 0 Å². The van der Waals surface area contributed by atoms with Crippen LogP contribution in [0.3, 0.4) is 0 Å². The Bertz CT molecular complexity index is 1050. The lowest BCUT2D eigenvalue weighted by Crippen LogP contribution is -2.41. The van der Waals surface area contributed by atoms with Crippen molar-refractivity contribution >= 4 is 22.5 Å². The summed E-state index contributed by atoms with van der Waals surface area (Å²) >= 11 is 0. The van der Waals surface area contributed by atoms with Crippen LogP contribution in [0.25, 0.3) is 10.9 Å². The second-order valence-electron chi connectivity index (χ2n) is 8.24. The minimum Gasteiger partial charge on any atom is -0.497 e. The van der Waals surface area contributed by atoms with Gasteiger partial charge in [0.15, 0.2) is 0 Å². The summed E-state index contributed by atoms with van der Waals surface area (Å²) in [7, 11) is 1.62. The first-order valence-electron chi connectivity index (χ1n) is 10.6. The van der Waals surface area contributed by atoms with Crippen molar-refractivity contribution in [2.75, 3.05) is 12.4 Å². The van der Waals surface area contributed by atoms with E-state index in [1.165, 1.54) is 5.56 Å². The normalized spacial score (nSPS) is 18.8. The molecule has 0 saturated heterocycles. The molecule has 1 fully saturated rings. The Labute approximate surface area is 177 Å². The lowest BCUT2D eigenvalue weighted by Gasteiger charge is -2.31. The molecule has 0 radical (unpaired) electrons. The van der Waals surface area contributed by atoms with Gasteiger partial charge < -0.3 is 15.4 Å². The summed E-state index contributed by atoms with van der Waals surface area (Å²) in [4.78, 5) is 17.3. The van der Waals surface area contributed by atoms with Gasteiger partial charge in [-0.3, -0.25) is 9.78 Å². The maximum absolute atomic E-state index is 12.7. The number of amides is 1. The summed E-state index contributed by atoms with van der Waals surface area (Å²) < 4.78 is 5.17. The Morgan fingerprint density at radius 2 is 1.80 bits per heavy atom. The van der Waals surface area contributed by atoms with E-state index in [1.807, 2.05) is 19.1 Å². The maximum atomic E-state index is 12.7. The topological polar surface area (TPSA) is 63.2 Å². The molecule has 4 rings (SSSR count). The van der Waals surface area contributed by atoms with E-state index in [0.717, 1.165) is 53.7 Å². The average Bonchev–Trinajstić information content (AvgIpc) is 2.74. The van der Waals surface area contributed by atoms with E-state index in [4.69, 9.17) is 4.74 Å². The van der Waals surface area contributed by atoms with Gasteiger partial charge >= 0.3 is 0 Å². The van der Waals surface area contributed by atoms with Gasteiger partial charge in [-0.15, -0.1) is 0 Å². The van der Waals surface area contributed by atoms with E-state index in [-0.39, 0.29) is 11.9 Å². The maximum Gasteiger partial charge on any atom is 0.251 e. The number of hydrogen-bond donors (Lipinski definition) is 2. The van der Waals surface area contributed by atoms with Crippen molar-refractivity contribution in [1.29, 1.82) is 0 Å². The zero-order valence-corrected chi connectivity index (χ0v) is 17.9. The third kappa shape index (κ3) is 4.56. The van der Waals surface area contributed by atoms with E-state index in [9.17, 15) is 4.79 Å². The fraction of sp³-hybridized carbons (Fsp3) is 0.360. The zero-order valence-electron chi connectivity index (χ0n) is 17.9. The number of ether oxygens (including phenoxy) is 1. The first kappa shape index (κ1) is 20.2. The molecule has 1 aliphatic rings. The number of aryl methyl sites for hydroxylation is 2. The second kappa shape index (κ2) is 8.74. The second-order valence-corrected chi connectivity index (χ2v) is 8.24. The van der Waals surface area contributed by atoms with E-state index in [0.29, 0.717) is 11.6 Å². The molecule has 0 aliphatic heterocycles. The predicted molar refractivity (Wildman–Crippen MR) is 121 cm³/mol. The summed E-state index contributed by atoms with van der Waals surface area (Å²) in [6.07, 6.45) is 4.11. The molecule has 1 aromatic heterocycles. The number of anilines is 1. The van der Waals surface area contributed by atoms with Gasteiger partial charge in [-0.05, 0) is 82.0 Å². The van der Waals surface area contributed by atoms with Crippen molar-refractivity contribution in [3.63, 3.8) is 0 Å². The predicted octanol–water partition coefficient (Wildman–Crippen LogP) is 5.01. The molecule has 3 aromatic rings. The number of nitrogens with one attached hydrogen (secondary N) is 2. The van der Waals surface area contributed by atoms with Crippen molar-refractivity contribution < 1.29 is 9.53 Å². The summed E-state index contributed by atoms with van der Waals surface area (Å²) in [6.45, 7) is 4.14. The van der Waals surface area contributed by atoms with Gasteiger partial charge in [0, 0.05) is 34.4 Å². The minimum atomic E-state index is -0.0240. The molecule has 2 aromatic carbocycles. The Morgan fingerprint density at radius 1 is 1.03 bits per heavy atom. The monoisotopic (exact) mass is 403 g/mol. The minimum absolute atomic E-state index is 0.0240. The number of rotatable bonds is 5. The van der Waals surface area contributed by atoms with Gasteiger partial charge in [-0.2, -0.15) is 0 Å². The molecule has 1 saturated carbocycles. The lowest BCUT2D eigenvalue weighted by molar-refractivity contribution is 0.0926. The van der Waals surface area contributed by atoms with Crippen LogP contribution in [0.1, 0.15) is 47.3 Å². The molecule has 30 heavy (non-hydrogen) atoms. The van der Waals surface area contributed by atoms with E-state index in [1.54, 1.807) is 19.2 Å². The SMILES string of the molecule is COc1ccc(C(=O)N[C@@H]2CCC[C@H](Nc3cc(C)nc4ccc(C)cc34)C2)cc1. The van der Waals surface area contributed by atoms with Gasteiger partial charge in [0.2, 0.25) is 0 Å². The third-order valence-electron chi connectivity index (χ3n) is 5.81. The number of carbonyl (C=O) groups excluding carboxylic acids is 1. The summed E-state index contributed by atoms with van der Waals surface area (Å²) in [5, 5.41) is 8.11. The number of hydrogen-bond acceptors (Lipinski definition) is 4. The van der Waals surface area contributed by atoms with Crippen molar-refractivity contribution in [2.24, 2.45) is 0 Å². The Kier molecular flexibility index (Phi) is 5.88. The van der Waals surface area contributed by atoms with Crippen molar-refractivity contribution in [2.45, 2.75) is 51.6 Å². The van der Waals surface area contributed by atoms with Gasteiger partial charge in [-0.25, -0.2) is 0 Å². The van der Waals surface area contributed by atoms with Crippen LogP contribution in [-0.4, -0.2) is 30.1 Å². The fourth-order valence-electron chi connectivity index (χ4n) is 4.27. The molecule has 5 nitrogen and oxygen atoms in total. The first-order chi connectivity index (χ1) is 14.5. The third-order valence-corrected chi connectivity index (χ3v) is 5.81. The van der Waals surface area contributed by atoms with Gasteiger partial charge in [0.1, 0.15) is 5.75 Å². The van der Waals surface area contributed by atoms with E-state index >= 15 is 0 Å². The van der Waals surface area contributed by atoms with E-state index in [2.05, 4.69) is 46.8 Å². The highest BCUT2D eigenvalue weighted by Gasteiger charge is 2.24. The standard InChI is InChI=1S/C25H29N3O2/c1-16-7-12-23-22(13-16)24(14-17(2)26-23)27-19-5-4-6-20(15-19)28-25(29)18-8-10-21(30-3)11-9-18/h7-14,19-20H,4-6,15H2,1-3H3,(H,26,27)(H,28,29)/t19-,20+/m0/s1. The molecular formula is C25H29N3O2. The number of methoxy groups -OCH3 is 1. The van der Waals surface area contributed by atoms with Gasteiger partial charge in [0.25, 0.3) is 5.91 Å². The molecule has 2 atom stereocenters. The average molecular weight is 404 g/mol. The Balaban J connectivity index is 1.45. The number of carbonyl (C=O) groups is 1. The first-order valence-corrected chi connectivity index (χ1v) is 10.6. The largest absolute Gasteiger partial charge is 0.497 e. The molecule has 156 valence electrons. The van der Waals surface area contributed by atoms with Gasteiger partial charge in [0.05, 0.1) is 12.6 Å². The van der Waals surface area contributed by atoms with Crippen LogP contribution in [-0.2, 0) is 0 Å². The van der Waals surface area contributed by atoms with Crippen LogP contribution in [0.2, 0.25) is 0 Å². The molecular weight excluding hydrogens is 374 g/mol. The molecule has 5 heteroatoms. The van der Waals surface area contributed by atoms with Crippen LogP contribution < -0.4 is 15.4 Å². The summed E-state index contributed by atoms with van der Waals surface area (Å²) in [5.41, 5.74) is 5.05. The number of benzene rings is 2. The molecule has 0 unspecified atom stereocenters. The quantitative estimate of drug-likeness (QED) is 0.628. The summed E-state index contributed by atoms with van der Waals surface area (Å²) in [5.74, 6) is 0.729. The van der Waals surface area contributed by atoms with Crippen LogP contribution >= 0.6 is 0 Å². The molecule has 2 N–H and O–H groups in total. The highest BCUT2D eigenvalue weighted by molar-refractivity contribution is 5.94. The zero-order chi connectivity index (χ0) is 21.1. The Morgan fingerprint density at radius 3 is 2.57 bits per heavy atom. The van der Waals surface area contributed by atoms with Crippen LogP contribution in [0.4, 0.5) is 5.69 Å². The van der Waals surface area contributed by atoms with Crippen molar-refractivity contribution in [3.05, 3.63) is 65.4 Å². The molecule has 1 aliphatic carbocycles. The highest BCUT2D eigenvalue weighted by atomic mass is 16.5. The smallest absolute Gasteiger partial charge is 0.251 e. The Hall–Kier alpha value is -3.08. The fourth-order valence-corrected chi connectivity index (χ4v) is 4.27. The van der Waals surface area contributed by atoms with Crippen molar-refractivity contribution in [1.82, 2.24) is 10.3 Å². The van der Waals surface area contributed by atoms with Crippen LogP contribution in [0.5, 0.6) is 5.75 Å². The number of pyridine rings is 1.